The molecule has 0 N–H and O–H groups in total. The number of ether oxygens (including phenoxy) is 1. The number of carbonyl (C=O) groups is 3. The molecular formula is C14H16O4. The average molecular weight is 248 g/mol. The van der Waals surface area contributed by atoms with Crippen LogP contribution in [0.15, 0.2) is 18.2 Å². The van der Waals surface area contributed by atoms with Gasteiger partial charge in [-0.05, 0) is 38.0 Å². The van der Waals surface area contributed by atoms with Gasteiger partial charge in [0.2, 0.25) is 0 Å². The lowest BCUT2D eigenvalue weighted by Crippen LogP contribution is -2.21. The molecule has 0 spiro atoms. The van der Waals surface area contributed by atoms with Gasteiger partial charge >= 0.3 is 0 Å². The van der Waals surface area contributed by atoms with Gasteiger partial charge in [-0.2, -0.15) is 0 Å². The quantitative estimate of drug-likeness (QED) is 0.569. The monoisotopic (exact) mass is 248 g/mol. The van der Waals surface area contributed by atoms with E-state index < -0.39 is 5.92 Å². The highest BCUT2D eigenvalue weighted by atomic mass is 16.5. The first-order chi connectivity index (χ1) is 8.49. The first-order valence-corrected chi connectivity index (χ1v) is 5.62. The van der Waals surface area contributed by atoms with Crippen LogP contribution in [-0.4, -0.2) is 25.0 Å². The minimum absolute atomic E-state index is 0.161. The molecule has 0 amide bonds. The zero-order valence-corrected chi connectivity index (χ0v) is 10.7. The van der Waals surface area contributed by atoms with E-state index in [9.17, 15) is 14.4 Å². The molecule has 1 aromatic rings. The fourth-order valence-corrected chi connectivity index (χ4v) is 1.81. The summed E-state index contributed by atoms with van der Waals surface area (Å²) in [5.41, 5.74) is 1.19. The van der Waals surface area contributed by atoms with Crippen LogP contribution in [0, 0.1) is 5.92 Å². The number of aldehydes is 1. The van der Waals surface area contributed by atoms with Gasteiger partial charge in [0.05, 0.1) is 18.6 Å². The second-order valence-electron chi connectivity index (χ2n) is 4.17. The summed E-state index contributed by atoms with van der Waals surface area (Å²) < 4.78 is 5.03. The van der Waals surface area contributed by atoms with Crippen molar-refractivity contribution in [1.29, 1.82) is 0 Å². The zero-order valence-electron chi connectivity index (χ0n) is 10.7. The van der Waals surface area contributed by atoms with E-state index >= 15 is 0 Å². The summed E-state index contributed by atoms with van der Waals surface area (Å²) in [6.07, 6.45) is 1.01. The van der Waals surface area contributed by atoms with Crippen LogP contribution < -0.4 is 4.74 Å². The Kier molecular flexibility index (Phi) is 4.77. The maximum absolute atomic E-state index is 11.4. The zero-order chi connectivity index (χ0) is 13.7. The Labute approximate surface area is 106 Å². The number of methoxy groups -OCH3 is 1. The summed E-state index contributed by atoms with van der Waals surface area (Å²) >= 11 is 0. The lowest BCUT2D eigenvalue weighted by molar-refractivity contribution is -0.130. The molecule has 18 heavy (non-hydrogen) atoms. The molecule has 0 aliphatic carbocycles. The molecular weight excluding hydrogens is 232 g/mol. The SMILES string of the molecule is COc1ccc(CC(C(C)=O)C(C)=O)cc1C=O. The van der Waals surface area contributed by atoms with E-state index in [0.29, 0.717) is 24.0 Å². The Hall–Kier alpha value is -1.97. The van der Waals surface area contributed by atoms with Crippen molar-refractivity contribution in [3.8, 4) is 5.75 Å². The fourth-order valence-electron chi connectivity index (χ4n) is 1.81. The first kappa shape index (κ1) is 14.1. The van der Waals surface area contributed by atoms with E-state index in [0.717, 1.165) is 5.56 Å². The Morgan fingerprint density at radius 2 is 1.89 bits per heavy atom. The molecule has 0 unspecified atom stereocenters. The lowest BCUT2D eigenvalue weighted by Gasteiger charge is -2.11. The van der Waals surface area contributed by atoms with E-state index in [1.807, 2.05) is 0 Å². The first-order valence-electron chi connectivity index (χ1n) is 5.62. The van der Waals surface area contributed by atoms with Crippen molar-refractivity contribution < 1.29 is 19.1 Å². The van der Waals surface area contributed by atoms with Crippen LogP contribution in [0.2, 0.25) is 0 Å². The van der Waals surface area contributed by atoms with E-state index in [1.165, 1.54) is 21.0 Å². The van der Waals surface area contributed by atoms with Crippen LogP contribution in [0.3, 0.4) is 0 Å². The van der Waals surface area contributed by atoms with Gasteiger partial charge in [0.25, 0.3) is 0 Å². The van der Waals surface area contributed by atoms with Gasteiger partial charge in [-0.1, -0.05) is 6.07 Å². The molecule has 1 aromatic carbocycles. The summed E-state index contributed by atoms with van der Waals surface area (Å²) in [7, 11) is 1.48. The Morgan fingerprint density at radius 1 is 1.28 bits per heavy atom. The molecule has 0 aromatic heterocycles. The standard InChI is InChI=1S/C14H16O4/c1-9(16)13(10(2)17)7-11-4-5-14(18-3)12(6-11)8-15/h4-6,8,13H,7H2,1-3H3. The maximum atomic E-state index is 11.4. The molecule has 0 aliphatic rings. The predicted octanol–water partition coefficient (Wildman–Crippen LogP) is 1.84. The van der Waals surface area contributed by atoms with Gasteiger partial charge in [-0.15, -0.1) is 0 Å². The van der Waals surface area contributed by atoms with Crippen molar-refractivity contribution in [1.82, 2.24) is 0 Å². The Balaban J connectivity index is 3.00. The molecule has 0 saturated heterocycles. The second-order valence-corrected chi connectivity index (χ2v) is 4.17. The van der Waals surface area contributed by atoms with Gasteiger partial charge in [-0.25, -0.2) is 0 Å². The molecule has 0 fully saturated rings. The van der Waals surface area contributed by atoms with E-state index in [-0.39, 0.29) is 11.6 Å². The molecule has 0 bridgehead atoms. The van der Waals surface area contributed by atoms with Crippen molar-refractivity contribution in [2.75, 3.05) is 7.11 Å². The average Bonchev–Trinajstić information content (AvgIpc) is 2.34. The maximum Gasteiger partial charge on any atom is 0.153 e. The van der Waals surface area contributed by atoms with Crippen molar-refractivity contribution in [3.63, 3.8) is 0 Å². The minimum atomic E-state index is -0.641. The van der Waals surface area contributed by atoms with Crippen molar-refractivity contribution in [2.45, 2.75) is 20.3 Å². The number of rotatable bonds is 6. The summed E-state index contributed by atoms with van der Waals surface area (Å²) in [6, 6.07) is 5.06. The molecule has 0 atom stereocenters. The predicted molar refractivity (Wildman–Crippen MR) is 66.9 cm³/mol. The number of benzene rings is 1. The van der Waals surface area contributed by atoms with Gasteiger partial charge in [0.15, 0.2) is 6.29 Å². The van der Waals surface area contributed by atoms with Crippen LogP contribution in [0.25, 0.3) is 0 Å². The molecule has 0 aliphatic heterocycles. The molecule has 0 radical (unpaired) electrons. The Bertz CT molecular complexity index is 463. The van der Waals surface area contributed by atoms with Crippen LogP contribution in [0.1, 0.15) is 29.8 Å². The van der Waals surface area contributed by atoms with Crippen molar-refractivity contribution >= 4 is 17.9 Å². The number of hydrogen-bond acceptors (Lipinski definition) is 4. The second kappa shape index (κ2) is 6.10. The van der Waals surface area contributed by atoms with Crippen LogP contribution >= 0.6 is 0 Å². The number of ketones is 2. The molecule has 0 saturated carbocycles. The smallest absolute Gasteiger partial charge is 0.153 e. The van der Waals surface area contributed by atoms with Gasteiger partial charge in [0, 0.05) is 0 Å². The van der Waals surface area contributed by atoms with E-state index in [4.69, 9.17) is 4.74 Å². The number of Topliss-reactive ketones (excluding diaryl/α,β-unsaturated/α-hetero) is 2. The lowest BCUT2D eigenvalue weighted by atomic mass is 9.92. The van der Waals surface area contributed by atoms with Gasteiger partial charge in [0.1, 0.15) is 17.3 Å². The summed E-state index contributed by atoms with van der Waals surface area (Å²) in [6.45, 7) is 2.80. The third-order valence-electron chi connectivity index (χ3n) is 2.84. The summed E-state index contributed by atoms with van der Waals surface area (Å²) in [5, 5.41) is 0. The molecule has 96 valence electrons. The molecule has 0 heterocycles. The number of hydrogen-bond donors (Lipinski definition) is 0. The summed E-state index contributed by atoms with van der Waals surface area (Å²) in [4.78, 5) is 33.6. The van der Waals surface area contributed by atoms with Crippen LogP contribution in [0.4, 0.5) is 0 Å². The summed E-state index contributed by atoms with van der Waals surface area (Å²) in [5.74, 6) is -0.481. The topological polar surface area (TPSA) is 60.4 Å². The third-order valence-corrected chi connectivity index (χ3v) is 2.84. The highest BCUT2D eigenvalue weighted by Crippen LogP contribution is 2.20. The van der Waals surface area contributed by atoms with Crippen LogP contribution in [-0.2, 0) is 16.0 Å². The van der Waals surface area contributed by atoms with E-state index in [1.54, 1.807) is 18.2 Å². The largest absolute Gasteiger partial charge is 0.496 e. The minimum Gasteiger partial charge on any atom is -0.496 e. The van der Waals surface area contributed by atoms with Crippen LogP contribution in [0.5, 0.6) is 5.75 Å². The van der Waals surface area contributed by atoms with E-state index in [2.05, 4.69) is 0 Å². The Morgan fingerprint density at radius 3 is 2.33 bits per heavy atom. The normalized spacial score (nSPS) is 10.2. The van der Waals surface area contributed by atoms with Crippen molar-refractivity contribution in [2.24, 2.45) is 5.92 Å². The van der Waals surface area contributed by atoms with Crippen molar-refractivity contribution in [3.05, 3.63) is 29.3 Å². The highest BCUT2D eigenvalue weighted by Gasteiger charge is 2.20. The molecule has 4 heteroatoms. The highest BCUT2D eigenvalue weighted by molar-refractivity contribution is 6.00. The van der Waals surface area contributed by atoms with Gasteiger partial charge < -0.3 is 4.74 Å². The fraction of sp³-hybridized carbons (Fsp3) is 0.357. The molecule has 4 nitrogen and oxygen atoms in total. The molecule has 1 rings (SSSR count). The third kappa shape index (κ3) is 3.26. The number of carbonyl (C=O) groups excluding carboxylic acids is 3. The van der Waals surface area contributed by atoms with Gasteiger partial charge in [-0.3, -0.25) is 14.4 Å².